The predicted octanol–water partition coefficient (Wildman–Crippen LogP) is 3.07. The van der Waals surface area contributed by atoms with Crippen molar-refractivity contribution >= 4 is 43.7 Å². The van der Waals surface area contributed by atoms with Gasteiger partial charge >= 0.3 is 5.97 Å². The number of para-hydroxylation sites is 1. The number of hydrogen-bond acceptors (Lipinski definition) is 7. The average molecular weight is 469 g/mol. The lowest BCUT2D eigenvalue weighted by atomic mass is 10.1. The summed E-state index contributed by atoms with van der Waals surface area (Å²) < 4.78 is 34.7. The van der Waals surface area contributed by atoms with Crippen molar-refractivity contribution in [3.63, 3.8) is 0 Å². The maximum atomic E-state index is 11.5. The van der Waals surface area contributed by atoms with Gasteiger partial charge in [0.1, 0.15) is 0 Å². The molecule has 0 aliphatic rings. The predicted molar refractivity (Wildman–Crippen MR) is 107 cm³/mol. The van der Waals surface area contributed by atoms with Crippen LogP contribution in [0.3, 0.4) is 0 Å². The molecule has 3 aromatic rings. The molecular formula is C18H17BrN2O6S. The number of ether oxygens (including phenoxy) is 1. The highest BCUT2D eigenvalue weighted by atomic mass is 79.9. The number of fused-ring (bicyclic) bond motifs is 1. The Kier molecular flexibility index (Phi) is 6.32. The van der Waals surface area contributed by atoms with Gasteiger partial charge in [-0.1, -0.05) is 34.1 Å². The van der Waals surface area contributed by atoms with Crippen LogP contribution >= 0.6 is 15.9 Å². The molecule has 1 aromatic carbocycles. The SMILES string of the molecule is CC(=O)Oc1c(C(Br)CCN[SH](=O)=O)oc(-c2ccnc3ccccc23)c1O. The molecule has 1 unspecified atom stereocenters. The van der Waals surface area contributed by atoms with E-state index < -0.39 is 21.7 Å². The van der Waals surface area contributed by atoms with Gasteiger partial charge in [-0.2, -0.15) is 0 Å². The smallest absolute Gasteiger partial charge is 0.308 e. The maximum Gasteiger partial charge on any atom is 0.308 e. The number of halogens is 1. The van der Waals surface area contributed by atoms with Gasteiger partial charge in [0.05, 0.1) is 10.3 Å². The Labute approximate surface area is 170 Å². The second-order valence-electron chi connectivity index (χ2n) is 5.86. The minimum absolute atomic E-state index is 0.100. The summed E-state index contributed by atoms with van der Waals surface area (Å²) >= 11 is 3.40. The largest absolute Gasteiger partial charge is 0.502 e. The molecule has 0 bridgehead atoms. The number of nitrogens with zero attached hydrogens (tertiary/aromatic N) is 1. The number of aromatic nitrogens is 1. The molecule has 0 saturated heterocycles. The third kappa shape index (κ3) is 4.34. The van der Waals surface area contributed by atoms with Crippen LogP contribution in [0.15, 0.2) is 40.9 Å². The molecule has 1 atom stereocenters. The van der Waals surface area contributed by atoms with E-state index in [1.54, 1.807) is 12.3 Å². The molecule has 0 aliphatic heterocycles. The number of alkyl halides is 1. The first-order valence-electron chi connectivity index (χ1n) is 8.28. The zero-order chi connectivity index (χ0) is 20.3. The number of pyridine rings is 1. The fraction of sp³-hybridized carbons (Fsp3) is 0.222. The Morgan fingerprint density at radius 1 is 1.36 bits per heavy atom. The Bertz CT molecular complexity index is 1080. The number of esters is 1. The van der Waals surface area contributed by atoms with Gasteiger partial charge < -0.3 is 14.3 Å². The summed E-state index contributed by atoms with van der Waals surface area (Å²) in [6.45, 7) is 1.35. The minimum Gasteiger partial charge on any atom is -0.502 e. The van der Waals surface area contributed by atoms with Crippen molar-refractivity contribution in [2.24, 2.45) is 0 Å². The first kappa shape index (κ1) is 20.3. The molecule has 8 nitrogen and oxygen atoms in total. The topological polar surface area (TPSA) is 119 Å². The van der Waals surface area contributed by atoms with Crippen LogP contribution in [-0.2, 0) is 15.7 Å². The number of furan rings is 1. The number of carbonyl (C=O) groups is 1. The summed E-state index contributed by atoms with van der Waals surface area (Å²) in [7, 11) is -2.72. The van der Waals surface area contributed by atoms with Crippen molar-refractivity contribution in [1.82, 2.24) is 9.71 Å². The minimum atomic E-state index is -2.72. The van der Waals surface area contributed by atoms with Crippen LogP contribution < -0.4 is 9.46 Å². The molecule has 3 rings (SSSR count). The van der Waals surface area contributed by atoms with E-state index in [0.717, 1.165) is 5.39 Å². The molecule has 0 saturated carbocycles. The molecule has 28 heavy (non-hydrogen) atoms. The Balaban J connectivity index is 2.07. The van der Waals surface area contributed by atoms with E-state index in [4.69, 9.17) is 9.15 Å². The lowest BCUT2D eigenvalue weighted by Gasteiger charge is -2.08. The Hall–Kier alpha value is -2.43. The van der Waals surface area contributed by atoms with E-state index >= 15 is 0 Å². The second-order valence-corrected chi connectivity index (χ2v) is 7.80. The van der Waals surface area contributed by atoms with Crippen LogP contribution in [0.25, 0.3) is 22.2 Å². The summed E-state index contributed by atoms with van der Waals surface area (Å²) in [5.41, 5.74) is 1.30. The third-order valence-electron chi connectivity index (χ3n) is 3.93. The Morgan fingerprint density at radius 2 is 2.11 bits per heavy atom. The highest BCUT2D eigenvalue weighted by Crippen LogP contribution is 2.49. The van der Waals surface area contributed by atoms with Gasteiger partial charge in [0, 0.05) is 30.6 Å². The molecule has 0 radical (unpaired) electrons. The fourth-order valence-electron chi connectivity index (χ4n) is 2.76. The van der Waals surface area contributed by atoms with Gasteiger partial charge in [0.25, 0.3) is 0 Å². The van der Waals surface area contributed by atoms with Crippen LogP contribution in [-0.4, -0.2) is 31.0 Å². The van der Waals surface area contributed by atoms with Crippen molar-refractivity contribution in [2.75, 3.05) is 6.54 Å². The first-order valence-corrected chi connectivity index (χ1v) is 10.4. The van der Waals surface area contributed by atoms with Crippen LogP contribution in [0.5, 0.6) is 11.5 Å². The zero-order valence-corrected chi connectivity index (χ0v) is 17.2. The van der Waals surface area contributed by atoms with Crippen molar-refractivity contribution in [3.05, 3.63) is 42.3 Å². The number of aromatic hydroxyl groups is 1. The lowest BCUT2D eigenvalue weighted by molar-refractivity contribution is -0.132. The van der Waals surface area contributed by atoms with Crippen molar-refractivity contribution in [2.45, 2.75) is 18.2 Å². The summed E-state index contributed by atoms with van der Waals surface area (Å²) in [4.78, 5) is 15.3. The van der Waals surface area contributed by atoms with Gasteiger partial charge in [0.2, 0.25) is 22.4 Å². The number of hydrogen-bond donors (Lipinski definition) is 3. The summed E-state index contributed by atoms with van der Waals surface area (Å²) in [6, 6.07) is 9.04. The number of carbonyl (C=O) groups excluding carboxylic acids is 1. The van der Waals surface area contributed by atoms with Crippen LogP contribution in [0.2, 0.25) is 0 Å². The molecule has 0 spiro atoms. The van der Waals surface area contributed by atoms with Crippen molar-refractivity contribution in [3.8, 4) is 22.8 Å². The average Bonchev–Trinajstić information content (AvgIpc) is 2.97. The number of nitrogens with one attached hydrogen (secondary N) is 1. The molecular weight excluding hydrogens is 452 g/mol. The van der Waals surface area contributed by atoms with Gasteiger partial charge in [-0.15, -0.1) is 0 Å². The van der Waals surface area contributed by atoms with E-state index in [9.17, 15) is 18.3 Å². The Morgan fingerprint density at radius 3 is 2.82 bits per heavy atom. The second kappa shape index (κ2) is 8.72. The van der Waals surface area contributed by atoms with Gasteiger partial charge in [-0.3, -0.25) is 9.78 Å². The molecule has 0 aliphatic carbocycles. The van der Waals surface area contributed by atoms with Crippen molar-refractivity contribution < 1.29 is 27.5 Å². The zero-order valence-electron chi connectivity index (χ0n) is 14.7. The van der Waals surface area contributed by atoms with Crippen LogP contribution in [0.1, 0.15) is 23.9 Å². The number of rotatable bonds is 7. The van der Waals surface area contributed by atoms with Crippen molar-refractivity contribution in [1.29, 1.82) is 0 Å². The van der Waals surface area contributed by atoms with E-state index in [1.165, 1.54) is 6.92 Å². The standard InChI is InChI=1S/C18H17BrN2O6S/c1-10(22)26-18-15(23)16(27-17(18)13(19)7-9-21-28(24)25)12-6-8-20-14-5-3-2-4-11(12)14/h2-6,8,13,23,28H,7,9H2,1H3,(H,21,24,25). The summed E-state index contributed by atoms with van der Waals surface area (Å²) in [5.74, 6) is -0.710. The molecule has 2 heterocycles. The summed E-state index contributed by atoms with van der Waals surface area (Å²) in [5, 5.41) is 11.5. The molecule has 148 valence electrons. The normalized spacial score (nSPS) is 12.4. The maximum absolute atomic E-state index is 11.5. The van der Waals surface area contributed by atoms with Gasteiger partial charge in [0.15, 0.2) is 11.5 Å². The van der Waals surface area contributed by atoms with E-state index in [0.29, 0.717) is 17.5 Å². The summed E-state index contributed by atoms with van der Waals surface area (Å²) in [6.07, 6.45) is 1.90. The van der Waals surface area contributed by atoms with Crippen LogP contribution in [0.4, 0.5) is 0 Å². The molecule has 10 heteroatoms. The van der Waals surface area contributed by atoms with Gasteiger partial charge in [-0.05, 0) is 18.6 Å². The fourth-order valence-corrected chi connectivity index (χ4v) is 3.61. The number of benzene rings is 1. The highest BCUT2D eigenvalue weighted by molar-refractivity contribution is 9.09. The molecule has 2 N–H and O–H groups in total. The van der Waals surface area contributed by atoms with Gasteiger partial charge in [-0.25, -0.2) is 13.1 Å². The quantitative estimate of drug-likeness (QED) is 0.277. The van der Waals surface area contributed by atoms with E-state index in [2.05, 4.69) is 25.6 Å². The monoisotopic (exact) mass is 468 g/mol. The highest BCUT2D eigenvalue weighted by Gasteiger charge is 2.29. The van der Waals surface area contributed by atoms with E-state index in [1.807, 2.05) is 24.3 Å². The van der Waals surface area contributed by atoms with Crippen LogP contribution in [0, 0.1) is 0 Å². The number of thiol groups is 1. The first-order chi connectivity index (χ1) is 13.4. The third-order valence-corrected chi connectivity index (χ3v) is 5.28. The lowest BCUT2D eigenvalue weighted by Crippen LogP contribution is -2.14. The molecule has 0 amide bonds. The molecule has 0 fully saturated rings. The van der Waals surface area contributed by atoms with E-state index in [-0.39, 0.29) is 29.6 Å². The molecule has 2 aromatic heterocycles.